The molecule has 1 aromatic heterocycles. The van der Waals surface area contributed by atoms with Gasteiger partial charge in [-0.3, -0.25) is 4.79 Å². The number of nitrogens with one attached hydrogen (secondary N) is 1. The van der Waals surface area contributed by atoms with Crippen molar-refractivity contribution in [2.75, 3.05) is 27.7 Å². The Morgan fingerprint density at radius 2 is 1.93 bits per heavy atom. The molecule has 1 amide bonds. The number of likely N-dealkylation sites (N-methyl/N-ethyl adjacent to an activating group) is 1. The average molecular weight is 445 g/mol. The molecule has 1 heterocycles. The highest BCUT2D eigenvalue weighted by atomic mass is 35.5. The van der Waals surface area contributed by atoms with E-state index in [-0.39, 0.29) is 11.9 Å². The van der Waals surface area contributed by atoms with E-state index in [9.17, 15) is 4.79 Å². The van der Waals surface area contributed by atoms with Crippen LogP contribution in [0.5, 0.6) is 11.5 Å². The minimum absolute atomic E-state index is 0.120. The van der Waals surface area contributed by atoms with Gasteiger partial charge in [-0.05, 0) is 49.8 Å². The smallest absolute Gasteiger partial charge is 0.251 e. The molecule has 3 aromatic rings. The monoisotopic (exact) mass is 444 g/mol. The summed E-state index contributed by atoms with van der Waals surface area (Å²) in [7, 11) is 5.56. The zero-order valence-electron chi connectivity index (χ0n) is 17.2. The Labute approximate surface area is 186 Å². The minimum Gasteiger partial charge on any atom is -0.493 e. The molecule has 0 radical (unpaired) electrons. The normalized spacial score (nSPS) is 11.9. The van der Waals surface area contributed by atoms with Crippen LogP contribution in [0.1, 0.15) is 26.8 Å². The summed E-state index contributed by atoms with van der Waals surface area (Å²) in [4.78, 5) is 16.0. The second kappa shape index (κ2) is 10.5. The first kappa shape index (κ1) is 22.2. The van der Waals surface area contributed by atoms with Crippen molar-refractivity contribution in [2.24, 2.45) is 0 Å². The molecule has 0 aliphatic carbocycles. The molecular formula is C23H25ClN2O3S. The minimum atomic E-state index is -0.158. The summed E-state index contributed by atoms with van der Waals surface area (Å²) >= 11 is 7.86. The van der Waals surface area contributed by atoms with Gasteiger partial charge in [0, 0.05) is 27.6 Å². The van der Waals surface area contributed by atoms with Gasteiger partial charge in [0.1, 0.15) is 6.61 Å². The number of nitrogens with zero attached hydrogens (tertiary/aromatic N) is 1. The number of ether oxygens (including phenoxy) is 2. The molecule has 0 unspecified atom stereocenters. The molecule has 2 aromatic carbocycles. The number of hydrogen-bond donors (Lipinski definition) is 1. The second-order valence-electron chi connectivity index (χ2n) is 6.95. The van der Waals surface area contributed by atoms with Gasteiger partial charge in [-0.15, -0.1) is 11.3 Å². The van der Waals surface area contributed by atoms with Crippen LogP contribution in [0, 0.1) is 0 Å². The third-order valence-corrected chi connectivity index (χ3v) is 6.06. The van der Waals surface area contributed by atoms with Gasteiger partial charge in [-0.1, -0.05) is 35.9 Å². The van der Waals surface area contributed by atoms with Crippen LogP contribution >= 0.6 is 22.9 Å². The van der Waals surface area contributed by atoms with E-state index < -0.39 is 0 Å². The van der Waals surface area contributed by atoms with E-state index >= 15 is 0 Å². The molecule has 1 N–H and O–H groups in total. The van der Waals surface area contributed by atoms with Crippen molar-refractivity contribution in [3.05, 3.63) is 81.0 Å². The molecule has 0 saturated carbocycles. The molecule has 0 aliphatic heterocycles. The van der Waals surface area contributed by atoms with Crippen LogP contribution in [-0.4, -0.2) is 38.6 Å². The largest absolute Gasteiger partial charge is 0.493 e. The Kier molecular flexibility index (Phi) is 7.74. The van der Waals surface area contributed by atoms with Gasteiger partial charge < -0.3 is 19.7 Å². The molecule has 0 spiro atoms. The molecule has 1 atom stereocenters. The molecule has 0 fully saturated rings. The Hall–Kier alpha value is -2.54. The quantitative estimate of drug-likeness (QED) is 0.503. The molecule has 5 nitrogen and oxygen atoms in total. The van der Waals surface area contributed by atoms with Gasteiger partial charge >= 0.3 is 0 Å². The number of carbonyl (C=O) groups is 1. The van der Waals surface area contributed by atoms with E-state index in [4.69, 9.17) is 21.1 Å². The third-order valence-electron chi connectivity index (χ3n) is 4.72. The standard InChI is InChI=1S/C23H25ClN2O3S/c1-26(2)19(22-9-6-12-30-22)14-25-23(27)16-10-11-20(21(13-16)28-3)29-15-17-7-4-5-8-18(17)24/h4-13,19H,14-15H2,1-3H3,(H,25,27)/t19-/m1/s1. The molecule has 0 bridgehead atoms. The van der Waals surface area contributed by atoms with E-state index in [0.29, 0.717) is 35.2 Å². The number of hydrogen-bond acceptors (Lipinski definition) is 5. The maximum atomic E-state index is 12.7. The fraction of sp³-hybridized carbons (Fsp3) is 0.261. The third kappa shape index (κ3) is 5.53. The number of benzene rings is 2. The van der Waals surface area contributed by atoms with Gasteiger partial charge in [-0.25, -0.2) is 0 Å². The van der Waals surface area contributed by atoms with Crippen molar-refractivity contribution in [1.82, 2.24) is 10.2 Å². The maximum absolute atomic E-state index is 12.7. The predicted octanol–water partition coefficient (Wildman–Crippen LogP) is 5.02. The molecule has 7 heteroatoms. The van der Waals surface area contributed by atoms with Gasteiger partial charge in [0.2, 0.25) is 0 Å². The Morgan fingerprint density at radius 3 is 2.60 bits per heavy atom. The summed E-state index contributed by atoms with van der Waals surface area (Å²) in [5.41, 5.74) is 1.40. The molecule has 0 saturated heterocycles. The van der Waals surface area contributed by atoms with Crippen LogP contribution in [0.2, 0.25) is 5.02 Å². The lowest BCUT2D eigenvalue weighted by Gasteiger charge is -2.23. The number of carbonyl (C=O) groups excluding carboxylic acids is 1. The zero-order chi connectivity index (χ0) is 21.5. The molecular weight excluding hydrogens is 420 g/mol. The van der Waals surface area contributed by atoms with Gasteiger partial charge in [0.15, 0.2) is 11.5 Å². The first-order valence-corrected chi connectivity index (χ1v) is 10.8. The van der Waals surface area contributed by atoms with Crippen LogP contribution in [0.15, 0.2) is 60.0 Å². The first-order chi connectivity index (χ1) is 14.5. The van der Waals surface area contributed by atoms with Crippen molar-refractivity contribution in [3.63, 3.8) is 0 Å². The maximum Gasteiger partial charge on any atom is 0.251 e. The van der Waals surface area contributed by atoms with Gasteiger partial charge in [0.25, 0.3) is 5.91 Å². The summed E-state index contributed by atoms with van der Waals surface area (Å²) < 4.78 is 11.3. The van der Waals surface area contributed by atoms with E-state index in [1.165, 1.54) is 4.88 Å². The summed E-state index contributed by atoms with van der Waals surface area (Å²) in [6.45, 7) is 0.826. The van der Waals surface area contributed by atoms with Crippen molar-refractivity contribution in [3.8, 4) is 11.5 Å². The Morgan fingerprint density at radius 1 is 1.13 bits per heavy atom. The number of methoxy groups -OCH3 is 1. The van der Waals surface area contributed by atoms with Crippen LogP contribution in [0.3, 0.4) is 0 Å². The van der Waals surface area contributed by atoms with E-state index in [1.54, 1.807) is 36.6 Å². The number of halogens is 1. The first-order valence-electron chi connectivity index (χ1n) is 9.52. The van der Waals surface area contributed by atoms with E-state index in [0.717, 1.165) is 5.56 Å². The zero-order valence-corrected chi connectivity index (χ0v) is 18.8. The number of rotatable bonds is 9. The van der Waals surface area contributed by atoms with Crippen molar-refractivity contribution in [1.29, 1.82) is 0 Å². The Balaban J connectivity index is 1.66. The highest BCUT2D eigenvalue weighted by Gasteiger charge is 2.18. The van der Waals surface area contributed by atoms with Crippen LogP contribution in [0.4, 0.5) is 0 Å². The number of amides is 1. The van der Waals surface area contributed by atoms with Crippen LogP contribution in [-0.2, 0) is 6.61 Å². The second-order valence-corrected chi connectivity index (χ2v) is 8.34. The SMILES string of the molecule is COc1cc(C(=O)NC[C@H](c2cccs2)N(C)C)ccc1OCc1ccccc1Cl. The van der Waals surface area contributed by atoms with Crippen molar-refractivity contribution < 1.29 is 14.3 Å². The predicted molar refractivity (Wildman–Crippen MR) is 122 cm³/mol. The summed E-state index contributed by atoms with van der Waals surface area (Å²) in [6, 6.07) is 16.9. The van der Waals surface area contributed by atoms with Crippen molar-refractivity contribution >= 4 is 28.8 Å². The Bertz CT molecular complexity index is 976. The van der Waals surface area contributed by atoms with Crippen LogP contribution < -0.4 is 14.8 Å². The summed E-state index contributed by atoms with van der Waals surface area (Å²) in [5, 5.41) is 5.71. The van der Waals surface area contributed by atoms with E-state index in [2.05, 4.69) is 16.3 Å². The molecule has 158 valence electrons. The summed E-state index contributed by atoms with van der Waals surface area (Å²) in [6.07, 6.45) is 0. The van der Waals surface area contributed by atoms with E-state index in [1.807, 2.05) is 49.8 Å². The lowest BCUT2D eigenvalue weighted by molar-refractivity contribution is 0.0942. The summed E-state index contributed by atoms with van der Waals surface area (Å²) in [5.74, 6) is 0.894. The highest BCUT2D eigenvalue weighted by molar-refractivity contribution is 7.10. The fourth-order valence-electron chi connectivity index (χ4n) is 3.01. The molecule has 30 heavy (non-hydrogen) atoms. The lowest BCUT2D eigenvalue weighted by Crippen LogP contribution is -2.34. The topological polar surface area (TPSA) is 50.8 Å². The van der Waals surface area contributed by atoms with Crippen LogP contribution in [0.25, 0.3) is 0 Å². The molecule has 0 aliphatic rings. The molecule has 3 rings (SSSR count). The average Bonchev–Trinajstić information content (AvgIpc) is 3.27. The lowest BCUT2D eigenvalue weighted by atomic mass is 10.1. The highest BCUT2D eigenvalue weighted by Crippen LogP contribution is 2.30. The fourth-order valence-corrected chi connectivity index (χ4v) is 4.12. The van der Waals surface area contributed by atoms with Gasteiger partial charge in [0.05, 0.1) is 13.2 Å². The van der Waals surface area contributed by atoms with Gasteiger partial charge in [-0.2, -0.15) is 0 Å². The van der Waals surface area contributed by atoms with Crippen molar-refractivity contribution in [2.45, 2.75) is 12.6 Å². The number of thiophene rings is 1.